The van der Waals surface area contributed by atoms with E-state index in [1.54, 1.807) is 0 Å². The van der Waals surface area contributed by atoms with Gasteiger partial charge in [0.25, 0.3) is 0 Å². The van der Waals surface area contributed by atoms with Crippen LogP contribution in [0.1, 0.15) is 38.3 Å². The maximum atomic E-state index is 12.3. The molecule has 22 heavy (non-hydrogen) atoms. The molecule has 2 rings (SSSR count). The lowest BCUT2D eigenvalue weighted by Gasteiger charge is -2.30. The van der Waals surface area contributed by atoms with Gasteiger partial charge in [0.2, 0.25) is 11.8 Å². The highest BCUT2D eigenvalue weighted by atomic mass is 16.2. The lowest BCUT2D eigenvalue weighted by Crippen LogP contribution is -2.50. The molecule has 0 aromatic heterocycles. The van der Waals surface area contributed by atoms with Crippen LogP contribution in [0.5, 0.6) is 0 Å². The SMILES string of the molecule is CC(=O)NC(CC(=O)NC1CNCCC1C)c1ccccc1. The van der Waals surface area contributed by atoms with E-state index in [2.05, 4.69) is 22.9 Å². The van der Waals surface area contributed by atoms with Crippen LogP contribution in [-0.4, -0.2) is 30.9 Å². The van der Waals surface area contributed by atoms with E-state index in [9.17, 15) is 9.59 Å². The first kappa shape index (κ1) is 16.5. The highest BCUT2D eigenvalue weighted by Crippen LogP contribution is 2.17. The standard InChI is InChI=1S/C17H25N3O2/c1-12-8-9-18-11-16(12)20-17(22)10-15(19-13(2)21)14-6-4-3-5-7-14/h3-7,12,15-16,18H,8-11H2,1-2H3,(H,19,21)(H,20,22). The molecule has 1 fully saturated rings. The zero-order valence-corrected chi connectivity index (χ0v) is 13.3. The zero-order valence-electron chi connectivity index (χ0n) is 13.3. The second-order valence-electron chi connectivity index (χ2n) is 6.01. The third-order valence-corrected chi connectivity index (χ3v) is 4.14. The van der Waals surface area contributed by atoms with Crippen LogP contribution >= 0.6 is 0 Å². The molecule has 2 amide bonds. The second-order valence-corrected chi connectivity index (χ2v) is 6.01. The normalized spacial score (nSPS) is 22.6. The van der Waals surface area contributed by atoms with Gasteiger partial charge in [0.05, 0.1) is 12.5 Å². The molecule has 1 aliphatic heterocycles. The summed E-state index contributed by atoms with van der Waals surface area (Å²) in [5, 5.41) is 9.25. The van der Waals surface area contributed by atoms with Crippen molar-refractivity contribution in [2.24, 2.45) is 5.92 Å². The number of hydrogen-bond acceptors (Lipinski definition) is 3. The number of rotatable bonds is 5. The molecule has 3 N–H and O–H groups in total. The number of amides is 2. The molecule has 120 valence electrons. The van der Waals surface area contributed by atoms with Crippen LogP contribution in [0.4, 0.5) is 0 Å². The molecule has 1 saturated heterocycles. The molecule has 0 aliphatic carbocycles. The second kappa shape index (κ2) is 7.94. The minimum absolute atomic E-state index is 0.0249. The monoisotopic (exact) mass is 303 g/mol. The molecule has 1 aromatic rings. The van der Waals surface area contributed by atoms with E-state index >= 15 is 0 Å². The Morgan fingerprint density at radius 2 is 2.05 bits per heavy atom. The maximum absolute atomic E-state index is 12.3. The molecule has 0 saturated carbocycles. The van der Waals surface area contributed by atoms with Crippen LogP contribution in [0.25, 0.3) is 0 Å². The van der Waals surface area contributed by atoms with Crippen LogP contribution in [0.3, 0.4) is 0 Å². The maximum Gasteiger partial charge on any atom is 0.222 e. The summed E-state index contributed by atoms with van der Waals surface area (Å²) < 4.78 is 0. The van der Waals surface area contributed by atoms with Crippen LogP contribution < -0.4 is 16.0 Å². The summed E-state index contributed by atoms with van der Waals surface area (Å²) in [6.45, 7) is 5.45. The zero-order chi connectivity index (χ0) is 15.9. The highest BCUT2D eigenvalue weighted by molar-refractivity contribution is 5.79. The Balaban J connectivity index is 1.97. The molecule has 1 heterocycles. The van der Waals surface area contributed by atoms with Crippen LogP contribution in [0.15, 0.2) is 30.3 Å². The third-order valence-electron chi connectivity index (χ3n) is 4.14. The Morgan fingerprint density at radius 3 is 2.68 bits per heavy atom. The number of hydrogen-bond donors (Lipinski definition) is 3. The molecule has 5 heteroatoms. The fraction of sp³-hybridized carbons (Fsp3) is 0.529. The summed E-state index contributed by atoms with van der Waals surface area (Å²) >= 11 is 0. The van der Waals surface area contributed by atoms with Crippen molar-refractivity contribution in [3.63, 3.8) is 0 Å². The van der Waals surface area contributed by atoms with Gasteiger partial charge in [-0.2, -0.15) is 0 Å². The van der Waals surface area contributed by atoms with Crippen molar-refractivity contribution in [3.8, 4) is 0 Å². The summed E-state index contributed by atoms with van der Waals surface area (Å²) in [6.07, 6.45) is 1.32. The number of piperidine rings is 1. The first-order chi connectivity index (χ1) is 10.6. The Morgan fingerprint density at radius 1 is 1.32 bits per heavy atom. The van der Waals surface area contributed by atoms with Crippen molar-refractivity contribution in [2.45, 2.75) is 38.8 Å². The van der Waals surface area contributed by atoms with Crippen molar-refractivity contribution in [3.05, 3.63) is 35.9 Å². The van der Waals surface area contributed by atoms with Crippen molar-refractivity contribution in [2.75, 3.05) is 13.1 Å². The largest absolute Gasteiger partial charge is 0.352 e. The van der Waals surface area contributed by atoms with E-state index < -0.39 is 0 Å². The number of nitrogens with one attached hydrogen (secondary N) is 3. The quantitative estimate of drug-likeness (QED) is 0.769. The number of carbonyl (C=O) groups is 2. The molecule has 5 nitrogen and oxygen atoms in total. The van der Waals surface area contributed by atoms with Crippen LogP contribution in [0.2, 0.25) is 0 Å². The van der Waals surface area contributed by atoms with Crippen molar-refractivity contribution < 1.29 is 9.59 Å². The van der Waals surface area contributed by atoms with E-state index in [1.165, 1.54) is 6.92 Å². The highest BCUT2D eigenvalue weighted by Gasteiger charge is 2.24. The van der Waals surface area contributed by atoms with Gasteiger partial charge in [0.1, 0.15) is 0 Å². The van der Waals surface area contributed by atoms with Crippen molar-refractivity contribution in [1.29, 1.82) is 0 Å². The third kappa shape index (κ3) is 4.84. The van der Waals surface area contributed by atoms with Gasteiger partial charge in [0.15, 0.2) is 0 Å². The smallest absolute Gasteiger partial charge is 0.222 e. The topological polar surface area (TPSA) is 70.2 Å². The summed E-state index contributed by atoms with van der Waals surface area (Å²) in [5.74, 6) is 0.318. The lowest BCUT2D eigenvalue weighted by molar-refractivity contribution is -0.123. The van der Waals surface area contributed by atoms with Gasteiger partial charge in [-0.25, -0.2) is 0 Å². The minimum atomic E-state index is -0.287. The van der Waals surface area contributed by atoms with E-state index in [-0.39, 0.29) is 30.3 Å². The van der Waals surface area contributed by atoms with E-state index in [4.69, 9.17) is 0 Å². The van der Waals surface area contributed by atoms with Crippen molar-refractivity contribution >= 4 is 11.8 Å². The fourth-order valence-electron chi connectivity index (χ4n) is 2.82. The van der Waals surface area contributed by atoms with Crippen molar-refractivity contribution in [1.82, 2.24) is 16.0 Å². The summed E-state index contributed by atoms with van der Waals surface area (Å²) in [5.41, 5.74) is 0.947. The first-order valence-corrected chi connectivity index (χ1v) is 7.88. The first-order valence-electron chi connectivity index (χ1n) is 7.88. The molecule has 3 atom stereocenters. The van der Waals surface area contributed by atoms with Crippen LogP contribution in [0, 0.1) is 5.92 Å². The van der Waals surface area contributed by atoms with Gasteiger partial charge in [-0.1, -0.05) is 37.3 Å². The van der Waals surface area contributed by atoms with Gasteiger partial charge in [-0.15, -0.1) is 0 Å². The summed E-state index contributed by atoms with van der Waals surface area (Å²) in [4.78, 5) is 23.7. The molecule has 0 bridgehead atoms. The number of benzene rings is 1. The van der Waals surface area contributed by atoms with Gasteiger partial charge in [0, 0.05) is 19.5 Å². The molecule has 0 radical (unpaired) electrons. The lowest BCUT2D eigenvalue weighted by atomic mass is 9.94. The Hall–Kier alpha value is -1.88. The fourth-order valence-corrected chi connectivity index (χ4v) is 2.82. The van der Waals surface area contributed by atoms with Gasteiger partial charge in [-0.05, 0) is 24.4 Å². The average Bonchev–Trinajstić information content (AvgIpc) is 2.49. The predicted molar refractivity (Wildman–Crippen MR) is 86.2 cm³/mol. The summed E-state index contributed by atoms with van der Waals surface area (Å²) in [7, 11) is 0. The molecular weight excluding hydrogens is 278 g/mol. The van der Waals surface area contributed by atoms with Gasteiger partial charge < -0.3 is 16.0 Å². The summed E-state index contributed by atoms with van der Waals surface area (Å²) in [6, 6.07) is 9.48. The Bertz CT molecular complexity index is 504. The van der Waals surface area contributed by atoms with Crippen LogP contribution in [-0.2, 0) is 9.59 Å². The predicted octanol–water partition coefficient (Wildman–Crippen LogP) is 1.37. The molecule has 0 spiro atoms. The molecule has 1 aromatic carbocycles. The molecular formula is C17H25N3O2. The average molecular weight is 303 g/mol. The van der Waals surface area contributed by atoms with E-state index in [1.807, 2.05) is 30.3 Å². The Kier molecular flexibility index (Phi) is 5.95. The van der Waals surface area contributed by atoms with E-state index in [0.29, 0.717) is 5.92 Å². The van der Waals surface area contributed by atoms with E-state index in [0.717, 1.165) is 25.1 Å². The Labute approximate surface area is 131 Å². The van der Waals surface area contributed by atoms with Gasteiger partial charge >= 0.3 is 0 Å². The number of carbonyl (C=O) groups excluding carboxylic acids is 2. The molecule has 1 aliphatic rings. The minimum Gasteiger partial charge on any atom is -0.352 e. The van der Waals surface area contributed by atoms with Gasteiger partial charge in [-0.3, -0.25) is 9.59 Å². The molecule has 3 unspecified atom stereocenters.